The number of hydrogen-bond acceptors (Lipinski definition) is 0. The standard InChI is InChI=1S/C48H31N3/c1-3-13-32(14-4-1)33-23-25-35(26-24-33)49-42-20-10-8-18-38(42)41-31-36(27-29-45(41)49)51-43-21-11-7-17-37(43)39-28-30-46-47(48(39)51)40-19-9-12-22-44(40)50(46)34-15-5-2-6-16-34/h1-31H. The lowest BCUT2D eigenvalue weighted by Crippen LogP contribution is -1.96. The third-order valence-corrected chi connectivity index (χ3v) is 10.6. The van der Waals surface area contributed by atoms with Crippen LogP contribution in [0, 0.1) is 0 Å². The minimum Gasteiger partial charge on any atom is -0.309 e. The van der Waals surface area contributed by atoms with Crippen LogP contribution in [0.4, 0.5) is 0 Å². The fourth-order valence-corrected chi connectivity index (χ4v) is 8.44. The van der Waals surface area contributed by atoms with Crippen molar-refractivity contribution in [3.8, 4) is 28.2 Å². The predicted octanol–water partition coefficient (Wildman–Crippen LogP) is 12.6. The molecule has 11 aromatic rings. The van der Waals surface area contributed by atoms with Crippen LogP contribution < -0.4 is 0 Å². The normalized spacial score (nSPS) is 11.9. The van der Waals surface area contributed by atoms with Crippen LogP contribution in [0.5, 0.6) is 0 Å². The van der Waals surface area contributed by atoms with Crippen LogP contribution in [0.3, 0.4) is 0 Å². The molecular formula is C48H31N3. The molecule has 0 unspecified atom stereocenters. The van der Waals surface area contributed by atoms with Gasteiger partial charge in [-0.15, -0.1) is 0 Å². The van der Waals surface area contributed by atoms with E-state index in [4.69, 9.17) is 0 Å². The summed E-state index contributed by atoms with van der Waals surface area (Å²) < 4.78 is 7.31. The molecule has 11 rings (SSSR count). The molecule has 3 heteroatoms. The minimum absolute atomic E-state index is 1.15. The summed E-state index contributed by atoms with van der Waals surface area (Å²) in [6.45, 7) is 0. The number of aromatic nitrogens is 3. The second-order valence-corrected chi connectivity index (χ2v) is 13.4. The second kappa shape index (κ2) is 10.8. The average molecular weight is 650 g/mol. The summed E-state index contributed by atoms with van der Waals surface area (Å²) >= 11 is 0. The van der Waals surface area contributed by atoms with Crippen LogP contribution in [0.1, 0.15) is 0 Å². The molecule has 0 aliphatic heterocycles. The first-order valence-electron chi connectivity index (χ1n) is 17.5. The molecule has 0 aliphatic rings. The molecule has 3 nitrogen and oxygen atoms in total. The van der Waals surface area contributed by atoms with Gasteiger partial charge in [-0.05, 0) is 77.9 Å². The van der Waals surface area contributed by atoms with E-state index in [0.29, 0.717) is 0 Å². The van der Waals surface area contributed by atoms with E-state index in [-0.39, 0.29) is 0 Å². The van der Waals surface area contributed by atoms with Crippen LogP contribution in [-0.4, -0.2) is 13.7 Å². The maximum Gasteiger partial charge on any atom is 0.0641 e. The third kappa shape index (κ3) is 4.06. The third-order valence-electron chi connectivity index (χ3n) is 10.6. The zero-order valence-corrected chi connectivity index (χ0v) is 27.7. The Bertz CT molecular complexity index is 3110. The smallest absolute Gasteiger partial charge is 0.0641 e. The van der Waals surface area contributed by atoms with Crippen molar-refractivity contribution in [1.29, 1.82) is 0 Å². The second-order valence-electron chi connectivity index (χ2n) is 13.4. The van der Waals surface area contributed by atoms with E-state index in [2.05, 4.69) is 202 Å². The van der Waals surface area contributed by atoms with Gasteiger partial charge in [-0.1, -0.05) is 121 Å². The fraction of sp³-hybridized carbons (Fsp3) is 0. The monoisotopic (exact) mass is 649 g/mol. The van der Waals surface area contributed by atoms with Gasteiger partial charge in [0.05, 0.1) is 33.1 Å². The van der Waals surface area contributed by atoms with E-state index in [1.165, 1.54) is 76.5 Å². The molecule has 0 saturated carbocycles. The van der Waals surface area contributed by atoms with Gasteiger partial charge >= 0.3 is 0 Å². The highest BCUT2D eigenvalue weighted by Gasteiger charge is 2.21. The van der Waals surface area contributed by atoms with Crippen molar-refractivity contribution in [1.82, 2.24) is 13.7 Å². The Morgan fingerprint density at radius 2 is 0.725 bits per heavy atom. The van der Waals surface area contributed by atoms with Crippen molar-refractivity contribution in [2.45, 2.75) is 0 Å². The molecule has 0 N–H and O–H groups in total. The van der Waals surface area contributed by atoms with Crippen LogP contribution >= 0.6 is 0 Å². The minimum atomic E-state index is 1.15. The number of hydrogen-bond donors (Lipinski definition) is 0. The molecule has 0 fully saturated rings. The highest BCUT2D eigenvalue weighted by Crippen LogP contribution is 2.43. The maximum absolute atomic E-state index is 2.50. The number of nitrogens with zero attached hydrogens (tertiary/aromatic N) is 3. The lowest BCUT2D eigenvalue weighted by molar-refractivity contribution is 1.17. The van der Waals surface area contributed by atoms with E-state index in [0.717, 1.165) is 17.1 Å². The van der Waals surface area contributed by atoms with Crippen molar-refractivity contribution in [2.75, 3.05) is 0 Å². The van der Waals surface area contributed by atoms with Crippen molar-refractivity contribution in [2.24, 2.45) is 0 Å². The number of rotatable bonds is 4. The number of para-hydroxylation sites is 4. The first-order valence-corrected chi connectivity index (χ1v) is 17.5. The van der Waals surface area contributed by atoms with Gasteiger partial charge < -0.3 is 13.7 Å². The topological polar surface area (TPSA) is 14.8 Å². The molecule has 0 radical (unpaired) electrons. The molecular weight excluding hydrogens is 619 g/mol. The molecule has 0 atom stereocenters. The lowest BCUT2D eigenvalue weighted by Gasteiger charge is -2.12. The van der Waals surface area contributed by atoms with Crippen molar-refractivity contribution < 1.29 is 0 Å². The molecule has 0 aliphatic carbocycles. The molecule has 0 saturated heterocycles. The van der Waals surface area contributed by atoms with Gasteiger partial charge in [-0.3, -0.25) is 0 Å². The van der Waals surface area contributed by atoms with Crippen LogP contribution in [0.2, 0.25) is 0 Å². The average Bonchev–Trinajstić information content (AvgIpc) is 3.84. The maximum atomic E-state index is 2.50. The Balaban J connectivity index is 1.20. The molecule has 0 spiro atoms. The van der Waals surface area contributed by atoms with Gasteiger partial charge in [0.2, 0.25) is 0 Å². The quantitative estimate of drug-likeness (QED) is 0.180. The lowest BCUT2D eigenvalue weighted by atomic mass is 10.1. The van der Waals surface area contributed by atoms with E-state index < -0.39 is 0 Å². The molecule has 0 bridgehead atoms. The largest absolute Gasteiger partial charge is 0.309 e. The van der Waals surface area contributed by atoms with Crippen molar-refractivity contribution in [3.63, 3.8) is 0 Å². The van der Waals surface area contributed by atoms with Gasteiger partial charge in [-0.25, -0.2) is 0 Å². The van der Waals surface area contributed by atoms with Crippen LogP contribution in [0.15, 0.2) is 188 Å². The molecule has 51 heavy (non-hydrogen) atoms. The Morgan fingerprint density at radius 3 is 1.45 bits per heavy atom. The molecule has 8 aromatic carbocycles. The highest BCUT2D eigenvalue weighted by molar-refractivity contribution is 6.26. The summed E-state index contributed by atoms with van der Waals surface area (Å²) in [5, 5.41) is 7.52. The number of benzene rings is 8. The highest BCUT2D eigenvalue weighted by atomic mass is 15.0. The molecule has 3 aromatic heterocycles. The summed E-state index contributed by atoms with van der Waals surface area (Å²) in [6, 6.07) is 68.4. The molecule has 238 valence electrons. The summed E-state index contributed by atoms with van der Waals surface area (Å²) in [6.07, 6.45) is 0. The van der Waals surface area contributed by atoms with Crippen molar-refractivity contribution in [3.05, 3.63) is 188 Å². The first-order chi connectivity index (χ1) is 25.3. The summed E-state index contributed by atoms with van der Waals surface area (Å²) in [5.74, 6) is 0. The predicted molar refractivity (Wildman–Crippen MR) is 215 cm³/mol. The first kappa shape index (κ1) is 28.0. The zero-order chi connectivity index (χ0) is 33.5. The van der Waals surface area contributed by atoms with Gasteiger partial charge in [-0.2, -0.15) is 0 Å². The summed E-state index contributed by atoms with van der Waals surface area (Å²) in [4.78, 5) is 0. The Labute approximate surface area is 294 Å². The summed E-state index contributed by atoms with van der Waals surface area (Å²) in [7, 11) is 0. The SMILES string of the molecule is c1ccc(-c2ccc(-n3c4ccccc4c4cc(-n5c6ccccc6c6ccc7c(c8ccccc8n7-c7ccccc7)c65)ccc43)cc2)cc1. The molecule has 3 heterocycles. The van der Waals surface area contributed by atoms with E-state index in [1.54, 1.807) is 0 Å². The van der Waals surface area contributed by atoms with E-state index >= 15 is 0 Å². The van der Waals surface area contributed by atoms with Crippen LogP contribution in [0.25, 0.3) is 93.6 Å². The summed E-state index contributed by atoms with van der Waals surface area (Å²) in [5.41, 5.74) is 13.2. The van der Waals surface area contributed by atoms with E-state index in [9.17, 15) is 0 Å². The molecule has 0 amide bonds. The van der Waals surface area contributed by atoms with Gasteiger partial charge in [0, 0.05) is 49.4 Å². The van der Waals surface area contributed by atoms with Gasteiger partial charge in [0.15, 0.2) is 0 Å². The van der Waals surface area contributed by atoms with Gasteiger partial charge in [0.1, 0.15) is 0 Å². The van der Waals surface area contributed by atoms with E-state index in [1.807, 2.05) is 0 Å². The fourth-order valence-electron chi connectivity index (χ4n) is 8.44. The van der Waals surface area contributed by atoms with Crippen LogP contribution in [-0.2, 0) is 0 Å². The van der Waals surface area contributed by atoms with Gasteiger partial charge in [0.25, 0.3) is 0 Å². The number of fused-ring (bicyclic) bond motifs is 10. The van der Waals surface area contributed by atoms with Crippen molar-refractivity contribution >= 4 is 65.4 Å². The Hall–Kier alpha value is -6.84. The Kier molecular flexibility index (Phi) is 5.96. The Morgan fingerprint density at radius 1 is 0.255 bits per heavy atom. The zero-order valence-electron chi connectivity index (χ0n) is 27.7.